The number of hydrogen-bond acceptors (Lipinski definition) is 3. The van der Waals surface area contributed by atoms with Gasteiger partial charge in [-0.2, -0.15) is 0 Å². The van der Waals surface area contributed by atoms with Gasteiger partial charge >= 0.3 is 0 Å². The van der Waals surface area contributed by atoms with Gasteiger partial charge in [-0.3, -0.25) is 4.99 Å². The van der Waals surface area contributed by atoms with E-state index in [1.54, 1.807) is 11.3 Å². The Balaban J connectivity index is 1.56. The molecule has 1 fully saturated rings. The lowest BCUT2D eigenvalue weighted by molar-refractivity contribution is 0.644. The molecule has 1 saturated carbocycles. The van der Waals surface area contributed by atoms with E-state index in [0.29, 0.717) is 0 Å². The maximum Gasteiger partial charge on any atom is 0.190 e. The van der Waals surface area contributed by atoms with E-state index in [4.69, 9.17) is 0 Å². The number of nitrogens with one attached hydrogen (secondary N) is 2. The summed E-state index contributed by atoms with van der Waals surface area (Å²) in [6.07, 6.45) is 6.45. The second-order valence-corrected chi connectivity index (χ2v) is 6.18. The van der Waals surface area contributed by atoms with Crippen molar-refractivity contribution in [3.8, 4) is 0 Å². The van der Waals surface area contributed by atoms with Gasteiger partial charge in [0.2, 0.25) is 0 Å². The van der Waals surface area contributed by atoms with Crippen molar-refractivity contribution in [1.29, 1.82) is 0 Å². The number of thiazole rings is 1. The van der Waals surface area contributed by atoms with Gasteiger partial charge in [0.1, 0.15) is 0 Å². The molecule has 1 heterocycles. The van der Waals surface area contributed by atoms with E-state index in [-0.39, 0.29) is 0 Å². The Kier molecular flexibility index (Phi) is 5.63. The zero-order valence-electron chi connectivity index (χ0n) is 11.9. The zero-order valence-corrected chi connectivity index (χ0v) is 12.7. The Morgan fingerprint density at radius 1 is 1.42 bits per heavy atom. The number of guanidine groups is 1. The van der Waals surface area contributed by atoms with Crippen LogP contribution in [0.4, 0.5) is 0 Å². The molecule has 1 aromatic rings. The summed E-state index contributed by atoms with van der Waals surface area (Å²) in [5.41, 5.74) is 1.17. The van der Waals surface area contributed by atoms with Gasteiger partial charge in [0, 0.05) is 31.9 Å². The maximum absolute atomic E-state index is 4.45. The molecule has 0 amide bonds. The van der Waals surface area contributed by atoms with Crippen LogP contribution in [0.2, 0.25) is 0 Å². The van der Waals surface area contributed by atoms with Crippen LogP contribution < -0.4 is 10.6 Å². The lowest BCUT2D eigenvalue weighted by atomic mass is 10.2. The Hall–Kier alpha value is -1.10. The van der Waals surface area contributed by atoms with Gasteiger partial charge in [0.05, 0.1) is 10.7 Å². The summed E-state index contributed by atoms with van der Waals surface area (Å²) in [6, 6.07) is 0. The fourth-order valence-corrected chi connectivity index (χ4v) is 2.70. The Morgan fingerprint density at radius 3 is 2.84 bits per heavy atom. The molecule has 0 spiro atoms. The first-order valence-electron chi connectivity index (χ1n) is 7.13. The lowest BCUT2D eigenvalue weighted by Gasteiger charge is -2.11. The molecule has 0 radical (unpaired) electrons. The zero-order chi connectivity index (χ0) is 13.5. The van der Waals surface area contributed by atoms with Crippen LogP contribution in [0.15, 0.2) is 10.4 Å². The second kappa shape index (κ2) is 7.48. The van der Waals surface area contributed by atoms with Gasteiger partial charge in [0.25, 0.3) is 0 Å². The van der Waals surface area contributed by atoms with Crippen molar-refractivity contribution in [3.63, 3.8) is 0 Å². The molecular weight excluding hydrogens is 256 g/mol. The van der Waals surface area contributed by atoms with Gasteiger partial charge < -0.3 is 10.6 Å². The highest BCUT2D eigenvalue weighted by Gasteiger charge is 2.19. The fraction of sp³-hybridized carbons (Fsp3) is 0.714. The molecule has 0 atom stereocenters. The SMILES string of the molecule is CN=C(NCCCC1CC1)NCCc1csc(C)n1. The van der Waals surface area contributed by atoms with E-state index >= 15 is 0 Å². The van der Waals surface area contributed by atoms with E-state index in [9.17, 15) is 0 Å². The summed E-state index contributed by atoms with van der Waals surface area (Å²) < 4.78 is 0. The van der Waals surface area contributed by atoms with Crippen LogP contribution in [0.25, 0.3) is 0 Å². The van der Waals surface area contributed by atoms with Crippen molar-refractivity contribution >= 4 is 17.3 Å². The standard InChI is InChI=1S/C14H24N4S/c1-11-18-13(10-19-11)7-9-17-14(15-2)16-8-3-4-12-5-6-12/h10,12H,3-9H2,1-2H3,(H2,15,16,17). The summed E-state index contributed by atoms with van der Waals surface area (Å²) in [5, 5.41) is 9.96. The molecule has 5 heteroatoms. The second-order valence-electron chi connectivity index (χ2n) is 5.12. The van der Waals surface area contributed by atoms with Crippen molar-refractivity contribution in [2.24, 2.45) is 10.9 Å². The molecule has 106 valence electrons. The number of hydrogen-bond donors (Lipinski definition) is 2. The molecule has 0 aromatic carbocycles. The molecule has 1 aliphatic carbocycles. The normalized spacial score (nSPS) is 15.6. The quantitative estimate of drug-likeness (QED) is 0.458. The third-order valence-electron chi connectivity index (χ3n) is 3.34. The molecule has 4 nitrogen and oxygen atoms in total. The highest BCUT2D eigenvalue weighted by molar-refractivity contribution is 7.09. The third-order valence-corrected chi connectivity index (χ3v) is 4.16. The van der Waals surface area contributed by atoms with Gasteiger partial charge in [0.15, 0.2) is 5.96 Å². The van der Waals surface area contributed by atoms with Gasteiger partial charge in [-0.1, -0.05) is 12.8 Å². The van der Waals surface area contributed by atoms with Crippen LogP contribution in [0, 0.1) is 12.8 Å². The highest BCUT2D eigenvalue weighted by Crippen LogP contribution is 2.33. The molecule has 1 aromatic heterocycles. The van der Waals surface area contributed by atoms with Gasteiger partial charge in [-0.05, 0) is 25.7 Å². The first kappa shape index (κ1) is 14.3. The van der Waals surface area contributed by atoms with Crippen LogP contribution in [0.1, 0.15) is 36.4 Å². The van der Waals surface area contributed by atoms with Crippen LogP contribution in [-0.2, 0) is 6.42 Å². The van der Waals surface area contributed by atoms with E-state index in [2.05, 4.69) is 26.0 Å². The molecule has 0 bridgehead atoms. The number of nitrogens with zero attached hydrogens (tertiary/aromatic N) is 2. The lowest BCUT2D eigenvalue weighted by Crippen LogP contribution is -2.38. The van der Waals surface area contributed by atoms with Crippen molar-refractivity contribution in [2.45, 2.75) is 39.0 Å². The summed E-state index contributed by atoms with van der Waals surface area (Å²) in [7, 11) is 1.82. The van der Waals surface area contributed by atoms with Crippen LogP contribution in [0.5, 0.6) is 0 Å². The highest BCUT2D eigenvalue weighted by atomic mass is 32.1. The fourth-order valence-electron chi connectivity index (χ4n) is 2.06. The number of aromatic nitrogens is 1. The first-order valence-corrected chi connectivity index (χ1v) is 8.01. The smallest absolute Gasteiger partial charge is 0.190 e. The topological polar surface area (TPSA) is 49.3 Å². The molecular formula is C14H24N4S. The van der Waals surface area contributed by atoms with E-state index < -0.39 is 0 Å². The van der Waals surface area contributed by atoms with Crippen molar-refractivity contribution in [1.82, 2.24) is 15.6 Å². The summed E-state index contributed by atoms with van der Waals surface area (Å²) in [6.45, 7) is 3.94. The summed E-state index contributed by atoms with van der Waals surface area (Å²) in [4.78, 5) is 8.69. The monoisotopic (exact) mass is 280 g/mol. The number of rotatable bonds is 7. The van der Waals surface area contributed by atoms with Crippen LogP contribution >= 0.6 is 11.3 Å². The molecule has 2 N–H and O–H groups in total. The number of aliphatic imine (C=N–C) groups is 1. The maximum atomic E-state index is 4.45. The Labute approximate surface area is 119 Å². The Bertz CT molecular complexity index is 409. The average molecular weight is 280 g/mol. The minimum Gasteiger partial charge on any atom is -0.356 e. The minimum atomic E-state index is 0.880. The minimum absolute atomic E-state index is 0.880. The molecule has 0 unspecified atom stereocenters. The molecule has 2 rings (SSSR count). The van der Waals surface area contributed by atoms with Gasteiger partial charge in [-0.25, -0.2) is 4.98 Å². The third kappa shape index (κ3) is 5.59. The van der Waals surface area contributed by atoms with Crippen molar-refractivity contribution in [3.05, 3.63) is 16.1 Å². The van der Waals surface area contributed by atoms with E-state index in [1.165, 1.54) is 31.4 Å². The largest absolute Gasteiger partial charge is 0.356 e. The molecule has 19 heavy (non-hydrogen) atoms. The predicted octanol–water partition coefficient (Wildman–Crippen LogP) is 2.35. The summed E-state index contributed by atoms with van der Waals surface area (Å²) >= 11 is 1.71. The van der Waals surface area contributed by atoms with Crippen molar-refractivity contribution in [2.75, 3.05) is 20.1 Å². The Morgan fingerprint density at radius 2 is 2.21 bits per heavy atom. The van der Waals surface area contributed by atoms with Gasteiger partial charge in [-0.15, -0.1) is 11.3 Å². The molecule has 0 aliphatic heterocycles. The van der Waals surface area contributed by atoms with E-state index in [0.717, 1.165) is 36.4 Å². The van der Waals surface area contributed by atoms with E-state index in [1.807, 2.05) is 14.0 Å². The number of aryl methyl sites for hydroxylation is 1. The van der Waals surface area contributed by atoms with Crippen molar-refractivity contribution < 1.29 is 0 Å². The average Bonchev–Trinajstić information content (AvgIpc) is 3.14. The first-order chi connectivity index (χ1) is 9.28. The van der Waals surface area contributed by atoms with Crippen LogP contribution in [-0.4, -0.2) is 31.1 Å². The molecule has 1 aliphatic rings. The molecule has 0 saturated heterocycles. The predicted molar refractivity (Wildman–Crippen MR) is 81.9 cm³/mol. The summed E-state index contributed by atoms with van der Waals surface area (Å²) in [5.74, 6) is 1.92. The van der Waals surface area contributed by atoms with Crippen LogP contribution in [0.3, 0.4) is 0 Å².